The van der Waals surface area contributed by atoms with E-state index in [1.807, 2.05) is 36.4 Å². The maximum atomic E-state index is 12.1. The molecular formula is C17H20BrN3O. The Morgan fingerprint density at radius 1 is 1.23 bits per heavy atom. The molecule has 0 unspecified atom stereocenters. The molecule has 1 amide bonds. The van der Waals surface area contributed by atoms with Gasteiger partial charge in [-0.05, 0) is 29.7 Å². The third-order valence-electron chi connectivity index (χ3n) is 3.05. The van der Waals surface area contributed by atoms with E-state index in [0.29, 0.717) is 18.0 Å². The van der Waals surface area contributed by atoms with Crippen LogP contribution in [0.4, 0.5) is 11.5 Å². The average Bonchev–Trinajstić information content (AvgIpc) is 2.49. The second-order valence-corrected chi connectivity index (χ2v) is 6.38. The number of rotatable bonds is 6. The molecule has 0 bridgehead atoms. The summed E-state index contributed by atoms with van der Waals surface area (Å²) in [6.07, 6.45) is 2.00. The average molecular weight is 362 g/mol. The van der Waals surface area contributed by atoms with Gasteiger partial charge in [0.15, 0.2) is 0 Å². The van der Waals surface area contributed by atoms with Crippen LogP contribution in [-0.2, 0) is 11.2 Å². The lowest BCUT2D eigenvalue weighted by Gasteiger charge is -2.09. The highest BCUT2D eigenvalue weighted by Gasteiger charge is 2.07. The molecule has 0 saturated carbocycles. The summed E-state index contributed by atoms with van der Waals surface area (Å²) in [5.74, 6) is 1.32. The zero-order chi connectivity index (χ0) is 15.9. The van der Waals surface area contributed by atoms with Crippen LogP contribution in [-0.4, -0.2) is 17.4 Å². The van der Waals surface area contributed by atoms with Gasteiger partial charge in [0.25, 0.3) is 0 Å². The van der Waals surface area contributed by atoms with Crippen LogP contribution < -0.4 is 10.6 Å². The molecule has 4 nitrogen and oxygen atoms in total. The predicted octanol–water partition coefficient (Wildman–Crippen LogP) is 4.09. The Bertz CT molecular complexity index is 626. The van der Waals surface area contributed by atoms with Crippen molar-refractivity contribution in [2.45, 2.75) is 20.3 Å². The van der Waals surface area contributed by atoms with Crippen LogP contribution in [0.25, 0.3) is 0 Å². The Kier molecular flexibility index (Phi) is 5.95. The van der Waals surface area contributed by atoms with Crippen molar-refractivity contribution in [1.82, 2.24) is 4.98 Å². The van der Waals surface area contributed by atoms with E-state index < -0.39 is 0 Å². The van der Waals surface area contributed by atoms with Crippen LogP contribution in [0.2, 0.25) is 0 Å². The zero-order valence-electron chi connectivity index (χ0n) is 12.8. The number of pyridine rings is 1. The monoisotopic (exact) mass is 361 g/mol. The Hall–Kier alpha value is -1.88. The number of hydrogen-bond donors (Lipinski definition) is 2. The van der Waals surface area contributed by atoms with Crippen molar-refractivity contribution in [2.75, 3.05) is 17.2 Å². The lowest BCUT2D eigenvalue weighted by atomic mass is 10.1. The molecule has 2 aromatic rings. The van der Waals surface area contributed by atoms with Crippen molar-refractivity contribution < 1.29 is 4.79 Å². The lowest BCUT2D eigenvalue weighted by molar-refractivity contribution is -0.115. The molecule has 2 N–H and O–H groups in total. The first kappa shape index (κ1) is 16.5. The molecule has 0 atom stereocenters. The van der Waals surface area contributed by atoms with Gasteiger partial charge in [-0.15, -0.1) is 0 Å². The van der Waals surface area contributed by atoms with Crippen LogP contribution in [0, 0.1) is 5.92 Å². The minimum absolute atomic E-state index is 0.0587. The van der Waals surface area contributed by atoms with Crippen molar-refractivity contribution in [1.29, 1.82) is 0 Å². The summed E-state index contributed by atoms with van der Waals surface area (Å²) >= 11 is 3.45. The van der Waals surface area contributed by atoms with Gasteiger partial charge >= 0.3 is 0 Å². The largest absolute Gasteiger partial charge is 0.370 e. The molecule has 0 aliphatic heterocycles. The summed E-state index contributed by atoms with van der Waals surface area (Å²) < 4.78 is 0.941. The molecule has 0 aliphatic carbocycles. The van der Waals surface area contributed by atoms with E-state index in [2.05, 4.69) is 45.4 Å². The maximum absolute atomic E-state index is 12.1. The van der Waals surface area contributed by atoms with Crippen LogP contribution in [0.1, 0.15) is 19.4 Å². The number of amides is 1. The lowest BCUT2D eigenvalue weighted by Crippen LogP contribution is -2.15. The summed E-state index contributed by atoms with van der Waals surface area (Å²) in [6.45, 7) is 5.16. The van der Waals surface area contributed by atoms with Crippen molar-refractivity contribution in [3.05, 3.63) is 52.6 Å². The fourth-order valence-electron chi connectivity index (χ4n) is 1.90. The van der Waals surface area contributed by atoms with Gasteiger partial charge in [0.1, 0.15) is 5.82 Å². The molecule has 2 rings (SSSR count). The number of halogens is 1. The molecule has 0 aliphatic rings. The molecule has 1 aromatic heterocycles. The number of aromatic nitrogens is 1. The van der Waals surface area contributed by atoms with Gasteiger partial charge in [0.2, 0.25) is 5.91 Å². The van der Waals surface area contributed by atoms with Crippen molar-refractivity contribution in [3.8, 4) is 0 Å². The van der Waals surface area contributed by atoms with Crippen LogP contribution >= 0.6 is 15.9 Å². The van der Waals surface area contributed by atoms with Crippen LogP contribution in [0.15, 0.2) is 47.1 Å². The molecule has 0 saturated heterocycles. The van der Waals surface area contributed by atoms with E-state index in [9.17, 15) is 4.79 Å². The van der Waals surface area contributed by atoms with E-state index in [-0.39, 0.29) is 5.91 Å². The summed E-state index contributed by atoms with van der Waals surface area (Å²) in [7, 11) is 0. The molecule has 5 heteroatoms. The third kappa shape index (κ3) is 5.15. The molecule has 1 aromatic carbocycles. The quantitative estimate of drug-likeness (QED) is 0.814. The number of hydrogen-bond acceptors (Lipinski definition) is 3. The first-order valence-corrected chi connectivity index (χ1v) is 8.07. The standard InChI is InChI=1S/C17H20BrN3O/c1-12(2)10-19-16-8-7-14(11-20-16)21-17(22)9-13-5-3-4-6-15(13)18/h3-8,11-12H,9-10H2,1-2H3,(H,19,20)(H,21,22). The highest BCUT2D eigenvalue weighted by atomic mass is 79.9. The predicted molar refractivity (Wildman–Crippen MR) is 94.0 cm³/mol. The van der Waals surface area contributed by atoms with Gasteiger partial charge in [-0.3, -0.25) is 4.79 Å². The smallest absolute Gasteiger partial charge is 0.228 e. The number of carbonyl (C=O) groups is 1. The topological polar surface area (TPSA) is 54.0 Å². The highest BCUT2D eigenvalue weighted by Crippen LogP contribution is 2.17. The summed E-state index contributed by atoms with van der Waals surface area (Å²) in [5.41, 5.74) is 1.66. The van der Waals surface area contributed by atoms with Crippen LogP contribution in [0.3, 0.4) is 0 Å². The first-order chi connectivity index (χ1) is 10.5. The molecule has 22 heavy (non-hydrogen) atoms. The minimum Gasteiger partial charge on any atom is -0.370 e. The van der Waals surface area contributed by atoms with Crippen LogP contribution in [0.5, 0.6) is 0 Å². The SMILES string of the molecule is CC(C)CNc1ccc(NC(=O)Cc2ccccc2Br)cn1. The van der Waals surface area contributed by atoms with Gasteiger partial charge in [0, 0.05) is 11.0 Å². The van der Waals surface area contributed by atoms with Gasteiger partial charge in [-0.2, -0.15) is 0 Å². The third-order valence-corrected chi connectivity index (χ3v) is 3.82. The molecule has 0 fully saturated rings. The highest BCUT2D eigenvalue weighted by molar-refractivity contribution is 9.10. The van der Waals surface area contributed by atoms with E-state index in [1.54, 1.807) is 6.20 Å². The molecular weight excluding hydrogens is 342 g/mol. The summed E-state index contributed by atoms with van der Waals surface area (Å²) in [5, 5.41) is 6.10. The second-order valence-electron chi connectivity index (χ2n) is 5.52. The van der Waals surface area contributed by atoms with E-state index in [0.717, 1.165) is 22.4 Å². The van der Waals surface area contributed by atoms with Gasteiger partial charge in [0.05, 0.1) is 18.3 Å². The van der Waals surface area contributed by atoms with E-state index >= 15 is 0 Å². The molecule has 1 heterocycles. The fraction of sp³-hybridized carbons (Fsp3) is 0.294. The summed E-state index contributed by atoms with van der Waals surface area (Å²) in [6, 6.07) is 11.4. The number of carbonyl (C=O) groups excluding carboxylic acids is 1. The fourth-order valence-corrected chi connectivity index (χ4v) is 2.33. The van der Waals surface area contributed by atoms with Crippen molar-refractivity contribution in [2.24, 2.45) is 5.92 Å². The zero-order valence-corrected chi connectivity index (χ0v) is 14.4. The minimum atomic E-state index is -0.0587. The number of benzene rings is 1. The Balaban J connectivity index is 1.90. The molecule has 0 radical (unpaired) electrons. The van der Waals surface area contributed by atoms with Gasteiger partial charge in [-0.25, -0.2) is 4.98 Å². The number of nitrogens with one attached hydrogen (secondary N) is 2. The van der Waals surface area contributed by atoms with E-state index in [4.69, 9.17) is 0 Å². The normalized spacial score (nSPS) is 10.5. The molecule has 116 valence electrons. The van der Waals surface area contributed by atoms with Gasteiger partial charge < -0.3 is 10.6 Å². The first-order valence-electron chi connectivity index (χ1n) is 7.28. The van der Waals surface area contributed by atoms with E-state index in [1.165, 1.54) is 0 Å². The summed E-state index contributed by atoms with van der Waals surface area (Å²) in [4.78, 5) is 16.4. The Morgan fingerprint density at radius 2 is 2.00 bits per heavy atom. The Morgan fingerprint density at radius 3 is 2.64 bits per heavy atom. The van der Waals surface area contributed by atoms with Crippen molar-refractivity contribution in [3.63, 3.8) is 0 Å². The van der Waals surface area contributed by atoms with Gasteiger partial charge in [-0.1, -0.05) is 48.0 Å². The number of anilines is 2. The molecule has 0 spiro atoms. The maximum Gasteiger partial charge on any atom is 0.228 e. The Labute approximate surface area is 139 Å². The number of nitrogens with zero attached hydrogens (tertiary/aromatic N) is 1. The second kappa shape index (κ2) is 7.94. The van der Waals surface area contributed by atoms with Crippen molar-refractivity contribution >= 4 is 33.3 Å².